The first-order chi connectivity index (χ1) is 9.58. The topological polar surface area (TPSA) is 0 Å². The standard InChI is InChI=1S/C17H20B2S/c1-4-16-10-15(7-8-18-16)9-14-6-5-12(2)17(11-14)19-13(3)20/h5-8,10-11,19-20H,3-4,9H2,1-2H3. The van der Waals surface area contributed by atoms with E-state index < -0.39 is 0 Å². The fraction of sp³-hybridized carbons (Fsp3) is 0.235. The van der Waals surface area contributed by atoms with E-state index in [1.165, 1.54) is 27.6 Å². The first-order valence-corrected chi connectivity index (χ1v) is 7.56. The molecule has 0 spiro atoms. The maximum atomic E-state index is 4.32. The van der Waals surface area contributed by atoms with Gasteiger partial charge in [0.15, 0.2) is 0 Å². The van der Waals surface area contributed by atoms with Gasteiger partial charge in [-0.25, -0.2) is 0 Å². The molecule has 2 aromatic rings. The van der Waals surface area contributed by atoms with Crippen molar-refractivity contribution < 1.29 is 0 Å². The molecule has 0 nitrogen and oxygen atoms in total. The first-order valence-electron chi connectivity index (χ1n) is 7.11. The van der Waals surface area contributed by atoms with Gasteiger partial charge >= 0.3 is 129 Å². The first kappa shape index (κ1) is 15.2. The van der Waals surface area contributed by atoms with Crippen LogP contribution < -0.4 is 5.46 Å². The molecule has 1 aromatic carbocycles. The molecule has 3 heteroatoms. The van der Waals surface area contributed by atoms with Crippen LogP contribution in [-0.4, -0.2) is 14.2 Å². The van der Waals surface area contributed by atoms with Crippen molar-refractivity contribution in [2.75, 3.05) is 0 Å². The molecule has 20 heavy (non-hydrogen) atoms. The van der Waals surface area contributed by atoms with Crippen molar-refractivity contribution in [3.8, 4) is 0 Å². The van der Waals surface area contributed by atoms with Crippen LogP contribution in [0.15, 0.2) is 47.7 Å². The van der Waals surface area contributed by atoms with E-state index >= 15 is 0 Å². The molecular formula is C17H20B2S. The Kier molecular flexibility index (Phi) is 5.30. The summed E-state index contributed by atoms with van der Waals surface area (Å²) in [5, 5.41) is 0. The van der Waals surface area contributed by atoms with E-state index in [2.05, 4.69) is 76.3 Å². The van der Waals surface area contributed by atoms with Crippen molar-refractivity contribution in [3.05, 3.63) is 69.8 Å². The Labute approximate surface area is 129 Å². The molecule has 0 saturated heterocycles. The fourth-order valence-corrected chi connectivity index (χ4v) is 2.61. The van der Waals surface area contributed by atoms with Crippen LogP contribution in [0.4, 0.5) is 0 Å². The van der Waals surface area contributed by atoms with Crippen LogP contribution in [0.2, 0.25) is 0 Å². The van der Waals surface area contributed by atoms with Crippen LogP contribution in [0.5, 0.6) is 0 Å². The summed E-state index contributed by atoms with van der Waals surface area (Å²) in [5.74, 6) is 2.15. The molecule has 0 aliphatic heterocycles. The van der Waals surface area contributed by atoms with Crippen molar-refractivity contribution >= 4 is 32.3 Å². The quantitative estimate of drug-likeness (QED) is 0.631. The zero-order valence-electron chi connectivity index (χ0n) is 12.3. The van der Waals surface area contributed by atoms with Crippen molar-refractivity contribution in [2.45, 2.75) is 26.7 Å². The second-order valence-electron chi connectivity index (χ2n) is 5.35. The summed E-state index contributed by atoms with van der Waals surface area (Å²) < 4.78 is 0. The number of hydrogen-bond donors (Lipinski definition) is 1. The van der Waals surface area contributed by atoms with E-state index in [1.807, 2.05) is 0 Å². The minimum absolute atomic E-state index is 0.845. The van der Waals surface area contributed by atoms with E-state index in [0.29, 0.717) is 0 Å². The number of thiol groups is 1. The van der Waals surface area contributed by atoms with Crippen LogP contribution in [0.3, 0.4) is 0 Å². The Bertz CT molecular complexity index is 620. The Morgan fingerprint density at radius 1 is 1.25 bits per heavy atom. The normalized spacial score (nSPS) is 10.2. The monoisotopic (exact) mass is 278 g/mol. The summed E-state index contributed by atoms with van der Waals surface area (Å²) in [6, 6.07) is 11.2. The zero-order valence-corrected chi connectivity index (χ0v) is 13.2. The average molecular weight is 278 g/mol. The summed E-state index contributed by atoms with van der Waals surface area (Å²) in [6.45, 7) is 10.4. The van der Waals surface area contributed by atoms with E-state index in [4.69, 9.17) is 0 Å². The molecule has 1 aromatic heterocycles. The van der Waals surface area contributed by atoms with E-state index in [-0.39, 0.29) is 0 Å². The third-order valence-corrected chi connectivity index (χ3v) is 3.77. The molecule has 0 atom stereocenters. The Hall–Kier alpha value is -1.21. The van der Waals surface area contributed by atoms with Crippen molar-refractivity contribution in [2.24, 2.45) is 0 Å². The Balaban J connectivity index is 2.22. The summed E-state index contributed by atoms with van der Waals surface area (Å²) in [5.41, 5.74) is 6.77. The van der Waals surface area contributed by atoms with Gasteiger partial charge in [-0.1, -0.05) is 0 Å². The van der Waals surface area contributed by atoms with Crippen LogP contribution in [0.25, 0.3) is 0 Å². The molecule has 0 fully saturated rings. The van der Waals surface area contributed by atoms with Gasteiger partial charge in [-0.05, 0) is 0 Å². The van der Waals surface area contributed by atoms with Gasteiger partial charge in [-0.3, -0.25) is 0 Å². The predicted molar refractivity (Wildman–Crippen MR) is 96.1 cm³/mol. The third-order valence-electron chi connectivity index (χ3n) is 3.62. The fourth-order valence-electron chi connectivity index (χ4n) is 2.44. The SMILES string of the molecule is C=C(S)Bc1cc(Cc2ccbc(CC)c2)ccc1C. The molecule has 0 saturated carbocycles. The second-order valence-corrected chi connectivity index (χ2v) is 5.99. The number of benzene rings is 1. The number of rotatable bonds is 5. The molecule has 0 N–H and O–H groups in total. The van der Waals surface area contributed by atoms with Crippen molar-refractivity contribution in [3.63, 3.8) is 0 Å². The van der Waals surface area contributed by atoms with Gasteiger partial charge in [0.05, 0.1) is 0 Å². The van der Waals surface area contributed by atoms with Gasteiger partial charge in [0.2, 0.25) is 0 Å². The van der Waals surface area contributed by atoms with Crippen LogP contribution in [0, 0.1) is 6.92 Å². The zero-order chi connectivity index (χ0) is 14.5. The van der Waals surface area contributed by atoms with E-state index in [1.54, 1.807) is 0 Å². The Morgan fingerprint density at radius 2 is 2.00 bits per heavy atom. The predicted octanol–water partition coefficient (Wildman–Crippen LogP) is 2.95. The molecule has 100 valence electrons. The van der Waals surface area contributed by atoms with Gasteiger partial charge in [-0.15, -0.1) is 0 Å². The van der Waals surface area contributed by atoms with E-state index in [9.17, 15) is 0 Å². The van der Waals surface area contributed by atoms with Crippen LogP contribution in [0.1, 0.15) is 29.1 Å². The summed E-state index contributed by atoms with van der Waals surface area (Å²) in [6.07, 6.45) is 2.08. The van der Waals surface area contributed by atoms with Gasteiger partial charge in [0.1, 0.15) is 0 Å². The summed E-state index contributed by atoms with van der Waals surface area (Å²) in [4.78, 5) is 0.915. The second kappa shape index (κ2) is 6.99. The molecule has 0 bridgehead atoms. The van der Waals surface area contributed by atoms with Crippen molar-refractivity contribution in [1.82, 2.24) is 0 Å². The average Bonchev–Trinajstić information content (AvgIpc) is 2.42. The van der Waals surface area contributed by atoms with Crippen LogP contribution >= 0.6 is 12.6 Å². The summed E-state index contributed by atoms with van der Waals surface area (Å²) >= 11 is 4.32. The van der Waals surface area contributed by atoms with Crippen molar-refractivity contribution in [1.29, 1.82) is 0 Å². The molecule has 0 radical (unpaired) electrons. The number of aryl methyl sites for hydroxylation is 2. The molecule has 2 rings (SSSR count). The number of hydrogen-bond acceptors (Lipinski definition) is 1. The van der Waals surface area contributed by atoms with Gasteiger partial charge in [0, 0.05) is 0 Å². The van der Waals surface area contributed by atoms with Gasteiger partial charge in [-0.2, -0.15) is 0 Å². The molecular weight excluding hydrogens is 258 g/mol. The molecule has 0 aliphatic carbocycles. The van der Waals surface area contributed by atoms with Gasteiger partial charge in [0.25, 0.3) is 0 Å². The Morgan fingerprint density at radius 3 is 2.70 bits per heavy atom. The van der Waals surface area contributed by atoms with E-state index in [0.717, 1.165) is 24.9 Å². The third kappa shape index (κ3) is 4.14. The summed E-state index contributed by atoms with van der Waals surface area (Å²) in [7, 11) is 0.845. The van der Waals surface area contributed by atoms with Gasteiger partial charge < -0.3 is 0 Å². The molecule has 0 amide bonds. The van der Waals surface area contributed by atoms with Crippen LogP contribution in [-0.2, 0) is 12.8 Å². The molecule has 0 unspecified atom stereocenters. The molecule has 0 aliphatic rings. The maximum absolute atomic E-state index is 4.32. The molecule has 1 heterocycles. The minimum atomic E-state index is 0.845.